The van der Waals surface area contributed by atoms with E-state index in [0.29, 0.717) is 10.7 Å². The number of aryl methyl sites for hydroxylation is 2. The molecule has 3 aromatic rings. The van der Waals surface area contributed by atoms with Crippen LogP contribution in [0.15, 0.2) is 48.5 Å². The molecule has 23 heavy (non-hydrogen) atoms. The highest BCUT2D eigenvalue weighted by Crippen LogP contribution is 2.37. The molecule has 1 N–H and O–H groups in total. The summed E-state index contributed by atoms with van der Waals surface area (Å²) in [6, 6.07) is 13.7. The van der Waals surface area contributed by atoms with E-state index in [0.717, 1.165) is 24.1 Å². The maximum Gasteiger partial charge on any atom is 0.257 e. The summed E-state index contributed by atoms with van der Waals surface area (Å²) in [5.41, 5.74) is 3.82. The summed E-state index contributed by atoms with van der Waals surface area (Å²) in [5.74, 6) is -0.632. The van der Waals surface area contributed by atoms with E-state index in [9.17, 15) is 9.18 Å². The number of thiazole rings is 1. The molecule has 1 amide bonds. The minimum absolute atomic E-state index is 0.274. The summed E-state index contributed by atoms with van der Waals surface area (Å²) in [6.45, 7) is 0. The molecule has 0 fully saturated rings. The van der Waals surface area contributed by atoms with Gasteiger partial charge in [0.1, 0.15) is 5.82 Å². The van der Waals surface area contributed by atoms with Crippen molar-refractivity contribution < 1.29 is 9.18 Å². The van der Waals surface area contributed by atoms with Crippen LogP contribution < -0.4 is 5.32 Å². The van der Waals surface area contributed by atoms with Crippen molar-refractivity contribution in [2.45, 2.75) is 12.8 Å². The number of nitrogens with one attached hydrogen (secondary N) is 1. The van der Waals surface area contributed by atoms with E-state index in [-0.39, 0.29) is 11.7 Å². The molecule has 1 aliphatic rings. The van der Waals surface area contributed by atoms with Gasteiger partial charge in [-0.2, -0.15) is 0 Å². The largest absolute Gasteiger partial charge is 0.298 e. The van der Waals surface area contributed by atoms with E-state index < -0.39 is 0 Å². The topological polar surface area (TPSA) is 42.0 Å². The van der Waals surface area contributed by atoms with Crippen molar-refractivity contribution in [3.05, 3.63) is 70.4 Å². The molecule has 0 unspecified atom stereocenters. The van der Waals surface area contributed by atoms with Crippen LogP contribution in [-0.4, -0.2) is 10.9 Å². The fourth-order valence-corrected chi connectivity index (χ4v) is 3.74. The molecule has 2 aromatic carbocycles. The van der Waals surface area contributed by atoms with Gasteiger partial charge in [0.05, 0.1) is 5.69 Å². The van der Waals surface area contributed by atoms with Crippen LogP contribution in [0.2, 0.25) is 0 Å². The first-order valence-corrected chi connectivity index (χ1v) is 8.17. The lowest BCUT2D eigenvalue weighted by Crippen LogP contribution is -2.11. The zero-order valence-corrected chi connectivity index (χ0v) is 13.0. The molecule has 1 aromatic heterocycles. The fourth-order valence-electron chi connectivity index (χ4n) is 2.77. The van der Waals surface area contributed by atoms with Gasteiger partial charge in [0, 0.05) is 16.0 Å². The number of nitrogens with zero attached hydrogens (tertiary/aromatic N) is 1. The van der Waals surface area contributed by atoms with Gasteiger partial charge in [-0.05, 0) is 42.7 Å². The Balaban J connectivity index is 1.62. The number of halogens is 1. The maximum atomic E-state index is 12.9. The average Bonchev–Trinajstić information content (AvgIpc) is 2.98. The van der Waals surface area contributed by atoms with Gasteiger partial charge in [-0.3, -0.25) is 10.1 Å². The van der Waals surface area contributed by atoms with Crippen LogP contribution >= 0.6 is 11.3 Å². The third kappa shape index (κ3) is 2.64. The molecule has 0 spiro atoms. The van der Waals surface area contributed by atoms with Crippen molar-refractivity contribution >= 4 is 22.4 Å². The molecular formula is C18H13FN2OS. The van der Waals surface area contributed by atoms with Gasteiger partial charge in [-0.25, -0.2) is 9.37 Å². The normalized spacial score (nSPS) is 12.4. The molecule has 0 saturated heterocycles. The first kappa shape index (κ1) is 14.1. The molecule has 5 heteroatoms. The molecule has 0 bridgehead atoms. The predicted octanol–water partition coefficient (Wildman–Crippen LogP) is 4.30. The van der Waals surface area contributed by atoms with Gasteiger partial charge in [0.25, 0.3) is 5.91 Å². The van der Waals surface area contributed by atoms with Gasteiger partial charge in [0.2, 0.25) is 0 Å². The molecule has 0 saturated carbocycles. The lowest BCUT2D eigenvalue weighted by molar-refractivity contribution is 0.102. The Labute approximate surface area is 136 Å². The van der Waals surface area contributed by atoms with Gasteiger partial charge in [0.15, 0.2) is 5.13 Å². The predicted molar refractivity (Wildman–Crippen MR) is 89.3 cm³/mol. The number of hydrogen-bond acceptors (Lipinski definition) is 3. The van der Waals surface area contributed by atoms with Gasteiger partial charge in [-0.15, -0.1) is 11.3 Å². The lowest BCUT2D eigenvalue weighted by Gasteiger charge is -2.13. The molecular weight excluding hydrogens is 311 g/mol. The van der Waals surface area contributed by atoms with E-state index in [1.807, 2.05) is 12.1 Å². The van der Waals surface area contributed by atoms with E-state index in [2.05, 4.69) is 22.4 Å². The molecule has 114 valence electrons. The molecule has 0 radical (unpaired) electrons. The molecule has 0 aliphatic heterocycles. The van der Waals surface area contributed by atoms with Crippen LogP contribution in [0.4, 0.5) is 9.52 Å². The number of carbonyl (C=O) groups is 1. The van der Waals surface area contributed by atoms with Crippen LogP contribution in [0.5, 0.6) is 0 Å². The minimum atomic E-state index is -0.358. The van der Waals surface area contributed by atoms with Crippen molar-refractivity contribution in [2.75, 3.05) is 5.32 Å². The highest BCUT2D eigenvalue weighted by molar-refractivity contribution is 7.16. The summed E-state index contributed by atoms with van der Waals surface area (Å²) in [6.07, 6.45) is 1.94. The Morgan fingerprint density at radius 2 is 1.87 bits per heavy atom. The number of anilines is 1. The number of carbonyl (C=O) groups excluding carboxylic acids is 1. The average molecular weight is 324 g/mol. The number of aromatic nitrogens is 1. The van der Waals surface area contributed by atoms with Gasteiger partial charge in [-0.1, -0.05) is 24.3 Å². The molecule has 1 aliphatic carbocycles. The van der Waals surface area contributed by atoms with Crippen LogP contribution in [0.3, 0.4) is 0 Å². The standard InChI is InChI=1S/C18H13FN2OS/c19-13-8-5-12(6-9-13)17(22)21-18-20-16-14-4-2-1-3-11(14)7-10-15(16)23-18/h1-6,8-9H,7,10H2,(H,20,21,22). The molecule has 3 nitrogen and oxygen atoms in total. The SMILES string of the molecule is O=C(Nc1nc2c(s1)CCc1ccccc1-2)c1ccc(F)cc1. The van der Waals surface area contributed by atoms with Crippen molar-refractivity contribution in [3.8, 4) is 11.3 Å². The van der Waals surface area contributed by atoms with Crippen LogP contribution in [0, 0.1) is 5.82 Å². The Bertz CT molecular complexity index is 886. The van der Waals surface area contributed by atoms with E-state index >= 15 is 0 Å². The van der Waals surface area contributed by atoms with Crippen LogP contribution in [-0.2, 0) is 12.8 Å². The smallest absolute Gasteiger partial charge is 0.257 e. The number of hydrogen-bond donors (Lipinski definition) is 1. The second-order valence-electron chi connectivity index (χ2n) is 5.41. The lowest BCUT2D eigenvalue weighted by atomic mass is 9.94. The highest BCUT2D eigenvalue weighted by Gasteiger charge is 2.21. The summed E-state index contributed by atoms with van der Waals surface area (Å²) >= 11 is 1.51. The first-order chi connectivity index (χ1) is 11.2. The van der Waals surface area contributed by atoms with Crippen molar-refractivity contribution in [2.24, 2.45) is 0 Å². The van der Waals surface area contributed by atoms with E-state index in [4.69, 9.17) is 0 Å². The van der Waals surface area contributed by atoms with Gasteiger partial charge >= 0.3 is 0 Å². The van der Waals surface area contributed by atoms with Crippen LogP contribution in [0.25, 0.3) is 11.3 Å². The monoisotopic (exact) mass is 324 g/mol. The summed E-state index contributed by atoms with van der Waals surface area (Å²) < 4.78 is 12.9. The second kappa shape index (κ2) is 5.59. The zero-order chi connectivity index (χ0) is 15.8. The number of amides is 1. The first-order valence-electron chi connectivity index (χ1n) is 7.35. The fraction of sp³-hybridized carbons (Fsp3) is 0.111. The summed E-state index contributed by atoms with van der Waals surface area (Å²) in [5, 5.41) is 3.40. The van der Waals surface area contributed by atoms with Crippen LogP contribution in [0.1, 0.15) is 20.8 Å². The highest BCUT2D eigenvalue weighted by atomic mass is 32.1. The number of fused-ring (bicyclic) bond motifs is 3. The number of rotatable bonds is 2. The molecule has 0 atom stereocenters. The molecule has 4 rings (SSSR count). The Hall–Kier alpha value is -2.53. The third-order valence-corrected chi connectivity index (χ3v) is 4.95. The molecule has 1 heterocycles. The zero-order valence-electron chi connectivity index (χ0n) is 12.2. The van der Waals surface area contributed by atoms with E-state index in [1.54, 1.807) is 0 Å². The Morgan fingerprint density at radius 1 is 1.09 bits per heavy atom. The Morgan fingerprint density at radius 3 is 2.70 bits per heavy atom. The summed E-state index contributed by atoms with van der Waals surface area (Å²) in [7, 11) is 0. The van der Waals surface area contributed by atoms with Gasteiger partial charge < -0.3 is 0 Å². The maximum absolute atomic E-state index is 12.9. The third-order valence-electron chi connectivity index (χ3n) is 3.92. The summed E-state index contributed by atoms with van der Waals surface area (Å²) in [4.78, 5) is 18.0. The minimum Gasteiger partial charge on any atom is -0.298 e. The van der Waals surface area contributed by atoms with Crippen molar-refractivity contribution in [1.82, 2.24) is 4.98 Å². The van der Waals surface area contributed by atoms with E-state index in [1.165, 1.54) is 46.0 Å². The second-order valence-corrected chi connectivity index (χ2v) is 6.49. The van der Waals surface area contributed by atoms with Crippen molar-refractivity contribution in [1.29, 1.82) is 0 Å². The quantitative estimate of drug-likeness (QED) is 0.763. The number of benzene rings is 2. The Kier molecular flexibility index (Phi) is 3.42. The van der Waals surface area contributed by atoms with Crippen molar-refractivity contribution in [3.63, 3.8) is 0 Å².